The predicted octanol–water partition coefficient (Wildman–Crippen LogP) is 2.14. The molecule has 0 radical (unpaired) electrons. The van der Waals surface area contributed by atoms with Crippen molar-refractivity contribution in [1.82, 2.24) is 10.2 Å². The van der Waals surface area contributed by atoms with Crippen LogP contribution in [0.1, 0.15) is 46.0 Å². The smallest absolute Gasteiger partial charge is 0.0638 e. The molecule has 3 heteroatoms. The van der Waals surface area contributed by atoms with Crippen molar-refractivity contribution in [2.24, 2.45) is 0 Å². The molecule has 2 unspecified atom stereocenters. The average molecular weight is 223 g/mol. The Balaban J connectivity index is 2.39. The zero-order valence-electron chi connectivity index (χ0n) is 10.7. The van der Waals surface area contributed by atoms with Crippen molar-refractivity contribution in [2.45, 2.75) is 58.0 Å². The summed E-state index contributed by atoms with van der Waals surface area (Å²) in [4.78, 5) is 2.46. The van der Waals surface area contributed by atoms with Crippen LogP contribution in [0, 0.1) is 11.3 Å². The number of piperidine rings is 1. The first-order valence-electron chi connectivity index (χ1n) is 6.62. The molecule has 0 bridgehead atoms. The summed E-state index contributed by atoms with van der Waals surface area (Å²) < 4.78 is 0. The van der Waals surface area contributed by atoms with Crippen molar-refractivity contribution in [3.05, 3.63) is 0 Å². The molecule has 0 spiro atoms. The van der Waals surface area contributed by atoms with Crippen LogP contribution in [0.4, 0.5) is 0 Å². The fraction of sp³-hybridized carbons (Fsp3) is 0.923. The lowest BCUT2D eigenvalue weighted by molar-refractivity contribution is 0.177. The minimum Gasteiger partial charge on any atom is -0.313 e. The Hall–Kier alpha value is -0.590. The SMILES string of the molecule is CCCN(CC1CCCCN1)C(C)CC#N. The second-order valence-corrected chi connectivity index (χ2v) is 4.85. The van der Waals surface area contributed by atoms with Crippen LogP contribution in [-0.2, 0) is 0 Å². The quantitative estimate of drug-likeness (QED) is 0.750. The van der Waals surface area contributed by atoms with Gasteiger partial charge in [-0.25, -0.2) is 0 Å². The van der Waals surface area contributed by atoms with Crippen LogP contribution in [0.15, 0.2) is 0 Å². The summed E-state index contributed by atoms with van der Waals surface area (Å²) in [6, 6.07) is 3.32. The Kier molecular flexibility index (Phi) is 6.44. The Morgan fingerprint density at radius 1 is 1.50 bits per heavy atom. The third-order valence-electron chi connectivity index (χ3n) is 3.39. The summed E-state index contributed by atoms with van der Waals surface area (Å²) in [6.07, 6.45) is 5.77. The van der Waals surface area contributed by atoms with Gasteiger partial charge in [0.1, 0.15) is 0 Å². The lowest BCUT2D eigenvalue weighted by Gasteiger charge is -2.33. The minimum atomic E-state index is 0.397. The van der Waals surface area contributed by atoms with Gasteiger partial charge in [0.2, 0.25) is 0 Å². The van der Waals surface area contributed by atoms with Gasteiger partial charge < -0.3 is 5.32 Å². The molecule has 92 valence electrons. The fourth-order valence-electron chi connectivity index (χ4n) is 2.40. The maximum absolute atomic E-state index is 8.77. The van der Waals surface area contributed by atoms with Gasteiger partial charge in [-0.05, 0) is 39.3 Å². The average Bonchev–Trinajstić information content (AvgIpc) is 2.30. The number of nitrogens with one attached hydrogen (secondary N) is 1. The van der Waals surface area contributed by atoms with Gasteiger partial charge in [-0.3, -0.25) is 4.90 Å². The second kappa shape index (κ2) is 7.65. The molecule has 3 nitrogen and oxygen atoms in total. The molecule has 1 aliphatic heterocycles. The van der Waals surface area contributed by atoms with E-state index in [1.165, 1.54) is 25.7 Å². The van der Waals surface area contributed by atoms with Gasteiger partial charge in [-0.15, -0.1) is 0 Å². The molecule has 1 heterocycles. The van der Waals surface area contributed by atoms with Crippen molar-refractivity contribution in [2.75, 3.05) is 19.6 Å². The number of nitrogens with zero attached hydrogens (tertiary/aromatic N) is 2. The van der Waals surface area contributed by atoms with E-state index in [0.717, 1.165) is 19.6 Å². The highest BCUT2D eigenvalue weighted by molar-refractivity contribution is 4.83. The second-order valence-electron chi connectivity index (χ2n) is 4.85. The highest BCUT2D eigenvalue weighted by Gasteiger charge is 2.19. The Morgan fingerprint density at radius 2 is 2.31 bits per heavy atom. The monoisotopic (exact) mass is 223 g/mol. The number of hydrogen-bond donors (Lipinski definition) is 1. The molecule has 0 aromatic carbocycles. The van der Waals surface area contributed by atoms with E-state index in [2.05, 4.69) is 30.1 Å². The molecule has 0 amide bonds. The maximum Gasteiger partial charge on any atom is 0.0638 e. The van der Waals surface area contributed by atoms with E-state index in [9.17, 15) is 0 Å². The summed E-state index contributed by atoms with van der Waals surface area (Å²) >= 11 is 0. The van der Waals surface area contributed by atoms with E-state index >= 15 is 0 Å². The summed E-state index contributed by atoms with van der Waals surface area (Å²) in [5, 5.41) is 12.3. The lowest BCUT2D eigenvalue weighted by atomic mass is 10.0. The molecule has 0 aliphatic carbocycles. The predicted molar refractivity (Wildman–Crippen MR) is 67.2 cm³/mol. The normalized spacial score (nSPS) is 23.0. The van der Waals surface area contributed by atoms with E-state index in [1.807, 2.05) is 0 Å². The van der Waals surface area contributed by atoms with E-state index in [-0.39, 0.29) is 0 Å². The van der Waals surface area contributed by atoms with Crippen LogP contribution in [-0.4, -0.2) is 36.6 Å². The molecule has 2 atom stereocenters. The number of rotatable bonds is 6. The van der Waals surface area contributed by atoms with Gasteiger partial charge >= 0.3 is 0 Å². The van der Waals surface area contributed by atoms with Crippen molar-refractivity contribution in [3.8, 4) is 6.07 Å². The van der Waals surface area contributed by atoms with Crippen LogP contribution >= 0.6 is 0 Å². The topological polar surface area (TPSA) is 39.1 Å². The van der Waals surface area contributed by atoms with Gasteiger partial charge in [-0.1, -0.05) is 13.3 Å². The molecule has 0 aromatic heterocycles. The zero-order valence-corrected chi connectivity index (χ0v) is 10.7. The van der Waals surface area contributed by atoms with Crippen LogP contribution in [0.25, 0.3) is 0 Å². The van der Waals surface area contributed by atoms with Gasteiger partial charge in [0.25, 0.3) is 0 Å². The third-order valence-corrected chi connectivity index (χ3v) is 3.39. The maximum atomic E-state index is 8.77. The summed E-state index contributed by atoms with van der Waals surface area (Å²) in [5.41, 5.74) is 0. The Labute approximate surface area is 99.8 Å². The fourth-order valence-corrected chi connectivity index (χ4v) is 2.40. The first-order valence-corrected chi connectivity index (χ1v) is 6.62. The van der Waals surface area contributed by atoms with Crippen molar-refractivity contribution in [1.29, 1.82) is 5.26 Å². The molecular weight excluding hydrogens is 198 g/mol. The number of nitriles is 1. The molecule has 1 rings (SSSR count). The van der Waals surface area contributed by atoms with Gasteiger partial charge in [0, 0.05) is 18.6 Å². The number of hydrogen-bond acceptors (Lipinski definition) is 3. The molecule has 1 aliphatic rings. The van der Waals surface area contributed by atoms with Crippen molar-refractivity contribution < 1.29 is 0 Å². The highest BCUT2D eigenvalue weighted by Crippen LogP contribution is 2.12. The van der Waals surface area contributed by atoms with Crippen LogP contribution in [0.5, 0.6) is 0 Å². The van der Waals surface area contributed by atoms with Crippen LogP contribution < -0.4 is 5.32 Å². The first-order chi connectivity index (χ1) is 7.77. The van der Waals surface area contributed by atoms with E-state index in [0.29, 0.717) is 18.5 Å². The summed E-state index contributed by atoms with van der Waals surface area (Å²) in [5.74, 6) is 0. The Bertz CT molecular complexity index is 216. The molecule has 1 fully saturated rings. The first kappa shape index (κ1) is 13.5. The van der Waals surface area contributed by atoms with Gasteiger partial charge in [0.15, 0.2) is 0 Å². The molecule has 16 heavy (non-hydrogen) atoms. The molecule has 1 N–H and O–H groups in total. The standard InChI is InChI=1S/C13H25N3/c1-3-10-16(12(2)7-8-14)11-13-6-4-5-9-15-13/h12-13,15H,3-7,9-11H2,1-2H3. The summed E-state index contributed by atoms with van der Waals surface area (Å²) in [6.45, 7) is 7.76. The van der Waals surface area contributed by atoms with Gasteiger partial charge in [0.05, 0.1) is 12.5 Å². The third kappa shape index (κ3) is 4.51. The lowest BCUT2D eigenvalue weighted by Crippen LogP contribution is -2.46. The Morgan fingerprint density at radius 3 is 2.88 bits per heavy atom. The zero-order chi connectivity index (χ0) is 11.8. The van der Waals surface area contributed by atoms with E-state index in [1.54, 1.807) is 0 Å². The van der Waals surface area contributed by atoms with E-state index < -0.39 is 0 Å². The molecule has 1 saturated heterocycles. The van der Waals surface area contributed by atoms with Gasteiger partial charge in [-0.2, -0.15) is 5.26 Å². The van der Waals surface area contributed by atoms with Crippen LogP contribution in [0.3, 0.4) is 0 Å². The van der Waals surface area contributed by atoms with Crippen LogP contribution in [0.2, 0.25) is 0 Å². The largest absolute Gasteiger partial charge is 0.313 e. The van der Waals surface area contributed by atoms with E-state index in [4.69, 9.17) is 5.26 Å². The summed E-state index contributed by atoms with van der Waals surface area (Å²) in [7, 11) is 0. The minimum absolute atomic E-state index is 0.397. The molecule has 0 saturated carbocycles. The highest BCUT2D eigenvalue weighted by atomic mass is 15.2. The molecular formula is C13H25N3. The van der Waals surface area contributed by atoms with Crippen molar-refractivity contribution >= 4 is 0 Å². The molecule has 0 aromatic rings. The van der Waals surface area contributed by atoms with Crippen molar-refractivity contribution in [3.63, 3.8) is 0 Å².